The first-order valence-corrected chi connectivity index (χ1v) is 12.5. The van der Waals surface area contributed by atoms with E-state index >= 15 is 0 Å². The zero-order valence-corrected chi connectivity index (χ0v) is 19.1. The van der Waals surface area contributed by atoms with E-state index in [-0.39, 0.29) is 0 Å². The Bertz CT molecular complexity index is 670. The van der Waals surface area contributed by atoms with E-state index in [1.165, 1.54) is 43.2 Å². The quantitative estimate of drug-likeness (QED) is 0.593. The van der Waals surface area contributed by atoms with Crippen molar-refractivity contribution in [1.82, 2.24) is 10.0 Å². The molecule has 28 heavy (non-hydrogen) atoms. The third kappa shape index (κ3) is 7.49. The second-order valence-corrected chi connectivity index (χ2v) is 11.9. The van der Waals surface area contributed by atoms with E-state index in [0.717, 1.165) is 25.9 Å². The molecule has 160 valence electrons. The summed E-state index contributed by atoms with van der Waals surface area (Å²) >= 11 is 0. The van der Waals surface area contributed by atoms with Gasteiger partial charge in [-0.2, -0.15) is 0 Å². The monoisotopic (exact) mass is 408 g/mol. The summed E-state index contributed by atoms with van der Waals surface area (Å²) < 4.78 is 26.5. The number of aryl methyl sites for hydroxylation is 1. The van der Waals surface area contributed by atoms with Crippen LogP contribution in [0, 0.1) is 11.8 Å². The zero-order valence-electron chi connectivity index (χ0n) is 18.3. The predicted molar refractivity (Wildman–Crippen MR) is 119 cm³/mol. The lowest BCUT2D eigenvalue weighted by atomic mass is 9.82. The molecule has 0 saturated heterocycles. The lowest BCUT2D eigenvalue weighted by Gasteiger charge is -2.30. The molecule has 1 aromatic rings. The summed E-state index contributed by atoms with van der Waals surface area (Å²) in [5.74, 6) is 1.18. The maximum Gasteiger partial charge on any atom is 0.216 e. The molecule has 2 rings (SSSR count). The van der Waals surface area contributed by atoms with Gasteiger partial charge < -0.3 is 5.32 Å². The molecule has 4 nitrogen and oxygen atoms in total. The Morgan fingerprint density at radius 3 is 2.00 bits per heavy atom. The van der Waals surface area contributed by atoms with Gasteiger partial charge in [0.15, 0.2) is 0 Å². The van der Waals surface area contributed by atoms with Crippen LogP contribution in [0.15, 0.2) is 24.3 Å². The molecule has 1 saturated carbocycles. The Hall–Kier alpha value is -0.910. The minimum atomic E-state index is -3.23. The van der Waals surface area contributed by atoms with Gasteiger partial charge in [0.25, 0.3) is 0 Å². The van der Waals surface area contributed by atoms with E-state index in [9.17, 15) is 8.42 Å². The standard InChI is InChI=1S/C23H40N2O2S/c1-5-6-7-19-8-10-20(11-9-19)16-24-17-21-12-14-22(15-13-21)18-25-28(26,27)23(2,3)4/h8-11,21-22,24-25H,5-7,12-18H2,1-4H3/t21-,22-. The van der Waals surface area contributed by atoms with E-state index in [0.29, 0.717) is 18.4 Å². The van der Waals surface area contributed by atoms with Gasteiger partial charge in [0.1, 0.15) is 0 Å². The highest BCUT2D eigenvalue weighted by Crippen LogP contribution is 2.28. The second kappa shape index (κ2) is 10.7. The minimum absolute atomic E-state index is 0.476. The van der Waals surface area contributed by atoms with E-state index in [1.54, 1.807) is 20.8 Å². The first-order chi connectivity index (χ1) is 13.2. The lowest BCUT2D eigenvalue weighted by molar-refractivity contribution is 0.267. The molecule has 2 N–H and O–H groups in total. The molecule has 1 aromatic carbocycles. The fraction of sp³-hybridized carbons (Fsp3) is 0.739. The normalized spacial score (nSPS) is 21.0. The van der Waals surface area contributed by atoms with Gasteiger partial charge in [0, 0.05) is 13.1 Å². The largest absolute Gasteiger partial charge is 0.312 e. The van der Waals surface area contributed by atoms with Crippen molar-refractivity contribution in [3.8, 4) is 0 Å². The summed E-state index contributed by atoms with van der Waals surface area (Å²) in [7, 11) is -3.23. The molecule has 0 atom stereocenters. The van der Waals surface area contributed by atoms with Crippen LogP contribution in [0.2, 0.25) is 0 Å². The van der Waals surface area contributed by atoms with Crippen LogP contribution in [0.4, 0.5) is 0 Å². The zero-order chi connectivity index (χ0) is 20.6. The molecular weight excluding hydrogens is 368 g/mol. The molecule has 1 fully saturated rings. The molecule has 0 unspecified atom stereocenters. The van der Waals surface area contributed by atoms with Crippen LogP contribution in [0.1, 0.15) is 77.3 Å². The highest BCUT2D eigenvalue weighted by atomic mass is 32.2. The smallest absolute Gasteiger partial charge is 0.216 e. The number of unbranched alkanes of at least 4 members (excludes halogenated alkanes) is 1. The maximum atomic E-state index is 12.2. The molecule has 0 radical (unpaired) electrons. The summed E-state index contributed by atoms with van der Waals surface area (Å²) in [5.41, 5.74) is 2.79. The van der Waals surface area contributed by atoms with Gasteiger partial charge in [0.2, 0.25) is 10.0 Å². The van der Waals surface area contributed by atoms with Crippen molar-refractivity contribution in [3.05, 3.63) is 35.4 Å². The maximum absolute atomic E-state index is 12.2. The second-order valence-electron chi connectivity index (χ2n) is 9.40. The summed E-state index contributed by atoms with van der Waals surface area (Å²) in [6.45, 7) is 10.0. The summed E-state index contributed by atoms with van der Waals surface area (Å²) in [6.07, 6.45) is 8.29. The molecule has 0 bridgehead atoms. The number of benzene rings is 1. The Labute approximate surface area is 172 Å². The van der Waals surface area contributed by atoms with Crippen molar-refractivity contribution in [2.45, 2.75) is 83.9 Å². The van der Waals surface area contributed by atoms with E-state index < -0.39 is 14.8 Å². The average molecular weight is 409 g/mol. The van der Waals surface area contributed by atoms with E-state index in [1.807, 2.05) is 0 Å². The molecule has 1 aliphatic rings. The molecule has 5 heteroatoms. The number of nitrogens with one attached hydrogen (secondary N) is 2. The van der Waals surface area contributed by atoms with Crippen molar-refractivity contribution < 1.29 is 8.42 Å². The highest BCUT2D eigenvalue weighted by molar-refractivity contribution is 7.90. The van der Waals surface area contributed by atoms with Gasteiger partial charge >= 0.3 is 0 Å². The number of sulfonamides is 1. The number of rotatable bonds is 10. The number of hydrogen-bond donors (Lipinski definition) is 2. The molecule has 0 aliphatic heterocycles. The fourth-order valence-electron chi connectivity index (χ4n) is 3.71. The van der Waals surface area contributed by atoms with Crippen molar-refractivity contribution in [2.24, 2.45) is 11.8 Å². The summed E-state index contributed by atoms with van der Waals surface area (Å²) in [6, 6.07) is 9.01. The van der Waals surface area contributed by atoms with Gasteiger partial charge in [-0.05, 0) is 88.8 Å². The first kappa shape index (κ1) is 23.4. The average Bonchev–Trinajstić information content (AvgIpc) is 2.66. The topological polar surface area (TPSA) is 58.2 Å². The van der Waals surface area contributed by atoms with Gasteiger partial charge in [-0.15, -0.1) is 0 Å². The van der Waals surface area contributed by atoms with E-state index in [4.69, 9.17) is 0 Å². The fourth-order valence-corrected chi connectivity index (χ4v) is 4.60. The highest BCUT2D eigenvalue weighted by Gasteiger charge is 2.30. The van der Waals surface area contributed by atoms with Crippen LogP contribution in [-0.4, -0.2) is 26.3 Å². The Balaban J connectivity index is 1.64. The minimum Gasteiger partial charge on any atom is -0.312 e. The lowest BCUT2D eigenvalue weighted by Crippen LogP contribution is -2.42. The number of hydrogen-bond acceptors (Lipinski definition) is 3. The molecule has 0 spiro atoms. The Morgan fingerprint density at radius 2 is 1.46 bits per heavy atom. The van der Waals surface area contributed by atoms with Crippen LogP contribution in [-0.2, 0) is 23.0 Å². The van der Waals surface area contributed by atoms with Gasteiger partial charge in [-0.1, -0.05) is 37.6 Å². The Morgan fingerprint density at radius 1 is 0.929 bits per heavy atom. The molecule has 1 aliphatic carbocycles. The third-order valence-electron chi connectivity index (χ3n) is 5.94. The summed E-state index contributed by atoms with van der Waals surface area (Å²) in [4.78, 5) is 0. The molecule has 0 amide bonds. The van der Waals surface area contributed by atoms with Crippen LogP contribution < -0.4 is 10.0 Å². The van der Waals surface area contributed by atoms with Crippen molar-refractivity contribution in [2.75, 3.05) is 13.1 Å². The third-order valence-corrected chi connectivity index (χ3v) is 8.10. The first-order valence-electron chi connectivity index (χ1n) is 11.0. The summed E-state index contributed by atoms with van der Waals surface area (Å²) in [5, 5.41) is 3.61. The van der Waals surface area contributed by atoms with Crippen LogP contribution >= 0.6 is 0 Å². The van der Waals surface area contributed by atoms with Crippen molar-refractivity contribution in [1.29, 1.82) is 0 Å². The van der Waals surface area contributed by atoms with Gasteiger partial charge in [0.05, 0.1) is 4.75 Å². The van der Waals surface area contributed by atoms with Crippen molar-refractivity contribution >= 4 is 10.0 Å². The molecule has 0 heterocycles. The van der Waals surface area contributed by atoms with Gasteiger partial charge in [-0.25, -0.2) is 13.1 Å². The molecule has 0 aromatic heterocycles. The molecular formula is C23H40N2O2S. The predicted octanol–water partition coefficient (Wildman–Crippen LogP) is 4.64. The van der Waals surface area contributed by atoms with Gasteiger partial charge in [-0.3, -0.25) is 0 Å². The SMILES string of the molecule is CCCCc1ccc(CNC[C@H]2CC[C@H](CNS(=O)(=O)C(C)(C)C)CC2)cc1. The van der Waals surface area contributed by atoms with Crippen molar-refractivity contribution in [3.63, 3.8) is 0 Å². The van der Waals surface area contributed by atoms with Crippen LogP contribution in [0.5, 0.6) is 0 Å². The van der Waals surface area contributed by atoms with Crippen LogP contribution in [0.3, 0.4) is 0 Å². The van der Waals surface area contributed by atoms with Crippen LogP contribution in [0.25, 0.3) is 0 Å². The van der Waals surface area contributed by atoms with E-state index in [2.05, 4.69) is 41.2 Å². The Kier molecular flexibility index (Phi) is 8.97.